The van der Waals surface area contributed by atoms with Crippen molar-refractivity contribution < 1.29 is 22.4 Å². The highest BCUT2D eigenvalue weighted by atomic mass is 32.2. The van der Waals surface area contributed by atoms with E-state index >= 15 is 0 Å². The van der Waals surface area contributed by atoms with Gasteiger partial charge in [0.05, 0.1) is 23.1 Å². The van der Waals surface area contributed by atoms with Gasteiger partial charge in [-0.05, 0) is 91.9 Å². The maximum absolute atomic E-state index is 13.5. The summed E-state index contributed by atoms with van der Waals surface area (Å²) in [4.78, 5) is 16.0. The minimum atomic E-state index is -4.49. The molecular weight excluding hydrogens is 550 g/mol. The van der Waals surface area contributed by atoms with Crippen molar-refractivity contribution in [2.45, 2.75) is 55.9 Å². The van der Waals surface area contributed by atoms with Crippen LogP contribution >= 0.6 is 11.8 Å². The molecule has 3 aromatic rings. The number of alkyl halides is 3. The van der Waals surface area contributed by atoms with Crippen LogP contribution in [-0.2, 0) is 16.7 Å². The molecule has 1 heterocycles. The van der Waals surface area contributed by atoms with Crippen LogP contribution in [0.15, 0.2) is 88.2 Å². The van der Waals surface area contributed by atoms with E-state index in [9.17, 15) is 27.6 Å². The molecule has 210 valence electrons. The van der Waals surface area contributed by atoms with Gasteiger partial charge in [0.15, 0.2) is 5.78 Å². The van der Waals surface area contributed by atoms with E-state index in [-0.39, 0.29) is 23.0 Å². The monoisotopic (exact) mass is 577 g/mol. The summed E-state index contributed by atoms with van der Waals surface area (Å²) in [7, 11) is 0. The SMILES string of the molecule is Cc1cc(CSc2ccc(F)cc2)c(C)c(C2C(C#N)=C(N)N(c3ccc(C(F)(F)F)cc3)C3=C2C(=O)CCC3)c1. The third kappa shape index (κ3) is 5.49. The summed E-state index contributed by atoms with van der Waals surface area (Å²) >= 11 is 1.56. The Kier molecular flexibility index (Phi) is 7.71. The van der Waals surface area contributed by atoms with Gasteiger partial charge in [-0.2, -0.15) is 18.4 Å². The lowest BCUT2D eigenvalue weighted by Gasteiger charge is -2.40. The van der Waals surface area contributed by atoms with Crippen molar-refractivity contribution in [2.24, 2.45) is 5.73 Å². The van der Waals surface area contributed by atoms with Crippen molar-refractivity contribution in [3.63, 3.8) is 0 Å². The maximum atomic E-state index is 13.5. The lowest BCUT2D eigenvalue weighted by molar-refractivity contribution is -0.137. The minimum absolute atomic E-state index is 0.100. The third-order valence-corrected chi connectivity index (χ3v) is 8.65. The van der Waals surface area contributed by atoms with Gasteiger partial charge in [0.1, 0.15) is 11.6 Å². The number of carbonyl (C=O) groups excluding carboxylic acids is 1. The molecule has 3 aromatic carbocycles. The van der Waals surface area contributed by atoms with E-state index in [4.69, 9.17) is 5.73 Å². The Labute approximate surface area is 240 Å². The Balaban J connectivity index is 1.61. The summed E-state index contributed by atoms with van der Waals surface area (Å²) < 4.78 is 53.0. The number of aryl methyl sites for hydroxylation is 1. The maximum Gasteiger partial charge on any atom is 0.416 e. The highest BCUT2D eigenvalue weighted by molar-refractivity contribution is 7.98. The first-order valence-electron chi connectivity index (χ1n) is 13.1. The number of carbonyl (C=O) groups is 1. The zero-order valence-corrected chi connectivity index (χ0v) is 23.3. The first-order chi connectivity index (χ1) is 19.5. The Hall–Kier alpha value is -4.03. The van der Waals surface area contributed by atoms with E-state index < -0.39 is 17.7 Å². The first-order valence-corrected chi connectivity index (χ1v) is 14.1. The van der Waals surface area contributed by atoms with Crippen molar-refractivity contribution >= 4 is 23.2 Å². The average molecular weight is 578 g/mol. The number of nitrogens with zero attached hydrogens (tertiary/aromatic N) is 2. The molecule has 0 fully saturated rings. The Morgan fingerprint density at radius 2 is 1.73 bits per heavy atom. The lowest BCUT2D eigenvalue weighted by atomic mass is 9.73. The first kappa shape index (κ1) is 28.5. The van der Waals surface area contributed by atoms with E-state index in [1.807, 2.05) is 19.9 Å². The molecule has 5 rings (SSSR count). The molecule has 1 unspecified atom stereocenters. The predicted molar refractivity (Wildman–Crippen MR) is 151 cm³/mol. The van der Waals surface area contributed by atoms with Crippen molar-refractivity contribution in [2.75, 3.05) is 4.90 Å². The number of ketones is 1. The number of hydrogen-bond donors (Lipinski definition) is 1. The van der Waals surface area contributed by atoms with Crippen molar-refractivity contribution in [1.82, 2.24) is 0 Å². The molecule has 0 spiro atoms. The Morgan fingerprint density at radius 1 is 1.05 bits per heavy atom. The fourth-order valence-corrected chi connectivity index (χ4v) is 6.55. The largest absolute Gasteiger partial charge is 0.416 e. The molecule has 1 aliphatic carbocycles. The standard InChI is InChI=1S/C32H27F4N3OS/c1-18-14-20(17-41-24-12-8-22(33)9-13-24)19(2)25(15-18)29-26(16-37)31(38)39(27-4-3-5-28(40)30(27)29)23-10-6-21(7-11-23)32(34,35)36/h6-15,29H,3-5,17,38H2,1-2H3. The zero-order valence-electron chi connectivity index (χ0n) is 22.5. The summed E-state index contributed by atoms with van der Waals surface area (Å²) in [5.74, 6) is -0.397. The van der Waals surface area contributed by atoms with Gasteiger partial charge >= 0.3 is 6.18 Å². The van der Waals surface area contributed by atoms with Crippen LogP contribution in [0, 0.1) is 31.0 Å². The lowest BCUT2D eigenvalue weighted by Crippen LogP contribution is -2.39. The minimum Gasteiger partial charge on any atom is -0.384 e. The summed E-state index contributed by atoms with van der Waals surface area (Å²) in [6, 6.07) is 17.1. The van der Waals surface area contributed by atoms with Crippen molar-refractivity contribution in [3.8, 4) is 6.07 Å². The number of allylic oxidation sites excluding steroid dienone is 3. The second-order valence-electron chi connectivity index (χ2n) is 10.2. The molecule has 1 atom stereocenters. The summed E-state index contributed by atoms with van der Waals surface area (Å²) in [6.45, 7) is 3.90. The van der Waals surface area contributed by atoms with Crippen LogP contribution in [0.2, 0.25) is 0 Å². The number of rotatable bonds is 5. The number of benzene rings is 3. The van der Waals surface area contributed by atoms with Gasteiger partial charge in [-0.3, -0.25) is 9.69 Å². The summed E-state index contributed by atoms with van der Waals surface area (Å²) in [5, 5.41) is 10.4. The second kappa shape index (κ2) is 11.1. The van der Waals surface area contributed by atoms with Gasteiger partial charge < -0.3 is 5.73 Å². The molecule has 2 aliphatic rings. The highest BCUT2D eigenvalue weighted by Gasteiger charge is 2.41. The number of hydrogen-bond acceptors (Lipinski definition) is 5. The third-order valence-electron chi connectivity index (χ3n) is 7.58. The predicted octanol–water partition coefficient (Wildman–Crippen LogP) is 8.06. The number of halogens is 4. The smallest absolute Gasteiger partial charge is 0.384 e. The zero-order chi connectivity index (χ0) is 29.5. The van der Waals surface area contributed by atoms with E-state index in [0.717, 1.165) is 39.3 Å². The number of anilines is 1. The molecule has 0 amide bonds. The molecule has 0 aromatic heterocycles. The topological polar surface area (TPSA) is 70.1 Å². The molecular formula is C32H27F4N3OS. The van der Waals surface area contributed by atoms with Gasteiger partial charge in [0.2, 0.25) is 0 Å². The van der Waals surface area contributed by atoms with Crippen LogP contribution in [0.3, 0.4) is 0 Å². The average Bonchev–Trinajstić information content (AvgIpc) is 2.93. The molecule has 0 saturated carbocycles. The van der Waals surface area contributed by atoms with Gasteiger partial charge in [0, 0.05) is 34.0 Å². The van der Waals surface area contributed by atoms with E-state index in [2.05, 4.69) is 12.1 Å². The van der Waals surface area contributed by atoms with Gasteiger partial charge in [-0.15, -0.1) is 11.8 Å². The fraction of sp³-hybridized carbons (Fsp3) is 0.250. The van der Waals surface area contributed by atoms with Crippen LogP contribution in [0.25, 0.3) is 0 Å². The summed E-state index contributed by atoms with van der Waals surface area (Å²) in [6.07, 6.45) is -3.11. The van der Waals surface area contributed by atoms with E-state index in [1.54, 1.807) is 28.8 Å². The molecule has 0 saturated heterocycles. The van der Waals surface area contributed by atoms with Crippen LogP contribution in [0.5, 0.6) is 0 Å². The number of nitriles is 1. The molecule has 9 heteroatoms. The van der Waals surface area contributed by atoms with Gasteiger partial charge in [0.25, 0.3) is 0 Å². The highest BCUT2D eigenvalue weighted by Crippen LogP contribution is 2.48. The second-order valence-corrected chi connectivity index (χ2v) is 11.3. The molecule has 4 nitrogen and oxygen atoms in total. The number of Topliss-reactive ketones (excluding diaryl/α,β-unsaturated/α-hetero) is 1. The molecule has 0 radical (unpaired) electrons. The van der Waals surface area contributed by atoms with E-state index in [1.165, 1.54) is 24.3 Å². The van der Waals surface area contributed by atoms with Crippen LogP contribution in [0.1, 0.15) is 53.0 Å². The van der Waals surface area contributed by atoms with Crippen LogP contribution in [0.4, 0.5) is 23.2 Å². The Bertz CT molecular complexity index is 1620. The Morgan fingerprint density at radius 3 is 2.37 bits per heavy atom. The molecule has 41 heavy (non-hydrogen) atoms. The number of thioether (sulfide) groups is 1. The van der Waals surface area contributed by atoms with Gasteiger partial charge in [-0.1, -0.05) is 17.7 Å². The molecule has 2 N–H and O–H groups in total. The molecule has 0 bridgehead atoms. The quantitative estimate of drug-likeness (QED) is 0.245. The van der Waals surface area contributed by atoms with Crippen LogP contribution in [-0.4, -0.2) is 5.78 Å². The summed E-state index contributed by atoms with van der Waals surface area (Å²) in [5.41, 5.74) is 11.1. The van der Waals surface area contributed by atoms with Gasteiger partial charge in [-0.25, -0.2) is 4.39 Å². The van der Waals surface area contributed by atoms with Crippen LogP contribution < -0.4 is 10.6 Å². The van der Waals surface area contributed by atoms with E-state index in [0.29, 0.717) is 42.0 Å². The normalized spacial score (nSPS) is 17.5. The van der Waals surface area contributed by atoms with Crippen molar-refractivity contribution in [1.29, 1.82) is 5.26 Å². The molecule has 1 aliphatic heterocycles. The number of nitrogens with two attached hydrogens (primary N) is 1. The van der Waals surface area contributed by atoms with Crippen molar-refractivity contribution in [3.05, 3.63) is 117 Å². The fourth-order valence-electron chi connectivity index (χ4n) is 5.60.